The van der Waals surface area contributed by atoms with Gasteiger partial charge < -0.3 is 10.6 Å². The molecule has 3 heterocycles. The van der Waals surface area contributed by atoms with Crippen molar-refractivity contribution >= 4 is 54.4 Å². The second-order valence-electron chi connectivity index (χ2n) is 5.78. The highest BCUT2D eigenvalue weighted by Crippen LogP contribution is 2.31. The van der Waals surface area contributed by atoms with E-state index in [1.807, 2.05) is 29.1 Å². The molecular formula is C16H16Br2N6. The van der Waals surface area contributed by atoms with E-state index in [-0.39, 0.29) is 0 Å². The van der Waals surface area contributed by atoms with Gasteiger partial charge in [-0.2, -0.15) is 5.10 Å². The molecule has 0 spiro atoms. The topological polar surface area (TPSA) is 67.7 Å². The van der Waals surface area contributed by atoms with E-state index in [9.17, 15) is 0 Å². The van der Waals surface area contributed by atoms with E-state index in [2.05, 4.69) is 57.6 Å². The highest BCUT2D eigenvalue weighted by atomic mass is 79.9. The molecule has 1 saturated heterocycles. The quantitative estimate of drug-likeness (QED) is 0.629. The molecule has 0 amide bonds. The number of hydrogen-bond acceptors (Lipinski definition) is 5. The van der Waals surface area contributed by atoms with Crippen LogP contribution < -0.4 is 10.6 Å². The second kappa shape index (κ2) is 6.78. The maximum Gasteiger partial charge on any atom is 0.163 e. The van der Waals surface area contributed by atoms with E-state index in [1.54, 1.807) is 6.33 Å². The average molecular weight is 452 g/mol. The Kier molecular flexibility index (Phi) is 4.51. The molecule has 0 unspecified atom stereocenters. The number of hydrogen-bond donors (Lipinski definition) is 2. The van der Waals surface area contributed by atoms with Gasteiger partial charge in [0, 0.05) is 8.95 Å². The third-order valence-corrected chi connectivity index (χ3v) is 5.41. The summed E-state index contributed by atoms with van der Waals surface area (Å²) in [6.45, 7) is 2.04. The first-order valence-electron chi connectivity index (χ1n) is 7.83. The van der Waals surface area contributed by atoms with Gasteiger partial charge in [0.2, 0.25) is 0 Å². The van der Waals surface area contributed by atoms with Crippen molar-refractivity contribution in [3.8, 4) is 0 Å². The molecule has 1 aromatic carbocycles. The van der Waals surface area contributed by atoms with Gasteiger partial charge in [0.05, 0.1) is 23.3 Å². The van der Waals surface area contributed by atoms with Gasteiger partial charge in [0.25, 0.3) is 0 Å². The molecule has 2 aromatic heterocycles. The summed E-state index contributed by atoms with van der Waals surface area (Å²) in [5, 5.41) is 12.3. The third kappa shape index (κ3) is 3.05. The van der Waals surface area contributed by atoms with Crippen LogP contribution in [0, 0.1) is 0 Å². The molecule has 0 aliphatic carbocycles. The first kappa shape index (κ1) is 16.0. The SMILES string of the molecule is Brc1ccc(Br)c(Nc2ncnc3c2cnn3C2CCNCC2)c1. The molecule has 2 N–H and O–H groups in total. The number of aromatic nitrogens is 4. The Bertz CT molecular complexity index is 872. The van der Waals surface area contributed by atoms with E-state index in [4.69, 9.17) is 0 Å². The second-order valence-corrected chi connectivity index (χ2v) is 7.55. The number of rotatable bonds is 3. The van der Waals surface area contributed by atoms with Crippen LogP contribution in [0.1, 0.15) is 18.9 Å². The Balaban J connectivity index is 1.71. The van der Waals surface area contributed by atoms with Crippen LogP contribution in [0.25, 0.3) is 11.0 Å². The van der Waals surface area contributed by atoms with Crippen molar-refractivity contribution in [2.24, 2.45) is 0 Å². The summed E-state index contributed by atoms with van der Waals surface area (Å²) in [6, 6.07) is 6.38. The van der Waals surface area contributed by atoms with Crippen LogP contribution in [0.5, 0.6) is 0 Å². The van der Waals surface area contributed by atoms with Crippen molar-refractivity contribution < 1.29 is 0 Å². The zero-order valence-electron chi connectivity index (χ0n) is 12.8. The van der Waals surface area contributed by atoms with Gasteiger partial charge in [-0.25, -0.2) is 14.6 Å². The van der Waals surface area contributed by atoms with E-state index in [1.165, 1.54) is 0 Å². The maximum absolute atomic E-state index is 4.59. The predicted molar refractivity (Wildman–Crippen MR) is 102 cm³/mol. The van der Waals surface area contributed by atoms with Crippen molar-refractivity contribution in [3.63, 3.8) is 0 Å². The molecule has 6 nitrogen and oxygen atoms in total. The lowest BCUT2D eigenvalue weighted by molar-refractivity contribution is 0.349. The van der Waals surface area contributed by atoms with Gasteiger partial charge in [-0.05, 0) is 60.1 Å². The number of halogens is 2. The Morgan fingerprint density at radius 2 is 2.00 bits per heavy atom. The van der Waals surface area contributed by atoms with Crippen LogP contribution in [0.15, 0.2) is 39.7 Å². The van der Waals surface area contributed by atoms with Crippen molar-refractivity contribution in [1.82, 2.24) is 25.1 Å². The summed E-state index contributed by atoms with van der Waals surface area (Å²) in [7, 11) is 0. The van der Waals surface area contributed by atoms with Gasteiger partial charge in [0.15, 0.2) is 5.65 Å². The van der Waals surface area contributed by atoms with Crippen molar-refractivity contribution in [1.29, 1.82) is 0 Å². The largest absolute Gasteiger partial charge is 0.339 e. The average Bonchev–Trinajstić information content (AvgIpc) is 3.04. The molecule has 0 atom stereocenters. The summed E-state index contributed by atoms with van der Waals surface area (Å²) in [5.41, 5.74) is 1.82. The van der Waals surface area contributed by atoms with Crippen LogP contribution in [0.2, 0.25) is 0 Å². The molecule has 4 rings (SSSR count). The lowest BCUT2D eigenvalue weighted by atomic mass is 10.1. The number of anilines is 2. The van der Waals surface area contributed by atoms with Crippen molar-refractivity contribution in [2.75, 3.05) is 18.4 Å². The summed E-state index contributed by atoms with van der Waals surface area (Å²) in [5.74, 6) is 0.763. The molecular weight excluding hydrogens is 436 g/mol. The highest BCUT2D eigenvalue weighted by Gasteiger charge is 2.20. The van der Waals surface area contributed by atoms with Crippen LogP contribution in [-0.2, 0) is 0 Å². The first-order chi connectivity index (χ1) is 11.7. The van der Waals surface area contributed by atoms with Crippen LogP contribution in [0.4, 0.5) is 11.5 Å². The standard InChI is InChI=1S/C16H16Br2N6/c17-10-1-2-13(18)14(7-10)23-15-12-8-22-24(16(12)21-9-20-15)11-3-5-19-6-4-11/h1-2,7-9,11,19H,3-6H2,(H,20,21,23). The van der Waals surface area contributed by atoms with Gasteiger partial charge in [-0.1, -0.05) is 15.9 Å². The predicted octanol–water partition coefficient (Wildman–Crippen LogP) is 4.02. The Hall–Kier alpha value is -1.51. The Morgan fingerprint density at radius 3 is 2.83 bits per heavy atom. The zero-order chi connectivity index (χ0) is 16.5. The molecule has 0 saturated carbocycles. The molecule has 3 aromatic rings. The Morgan fingerprint density at radius 1 is 1.17 bits per heavy atom. The summed E-state index contributed by atoms with van der Waals surface area (Å²) >= 11 is 7.06. The molecule has 0 bridgehead atoms. The van der Waals surface area contributed by atoms with Crippen LogP contribution in [-0.4, -0.2) is 32.8 Å². The molecule has 8 heteroatoms. The fraction of sp³-hybridized carbons (Fsp3) is 0.312. The van der Waals surface area contributed by atoms with Gasteiger partial charge >= 0.3 is 0 Å². The first-order valence-corrected chi connectivity index (χ1v) is 9.42. The minimum atomic E-state index is 0.393. The smallest absolute Gasteiger partial charge is 0.163 e. The van der Waals surface area contributed by atoms with Gasteiger partial charge in [-0.15, -0.1) is 0 Å². The minimum Gasteiger partial charge on any atom is -0.339 e. The fourth-order valence-corrected chi connectivity index (χ4v) is 3.71. The lowest BCUT2D eigenvalue weighted by Crippen LogP contribution is -2.29. The molecule has 1 aliphatic rings. The zero-order valence-corrected chi connectivity index (χ0v) is 16.0. The van der Waals surface area contributed by atoms with Crippen molar-refractivity contribution in [2.45, 2.75) is 18.9 Å². The monoisotopic (exact) mass is 450 g/mol. The molecule has 1 aliphatic heterocycles. The van der Waals surface area contributed by atoms with Crippen LogP contribution in [0.3, 0.4) is 0 Å². The summed E-state index contributed by atoms with van der Waals surface area (Å²) in [4.78, 5) is 8.87. The van der Waals surface area contributed by atoms with E-state index < -0.39 is 0 Å². The minimum absolute atomic E-state index is 0.393. The molecule has 24 heavy (non-hydrogen) atoms. The summed E-state index contributed by atoms with van der Waals surface area (Å²) < 4.78 is 4.02. The highest BCUT2D eigenvalue weighted by molar-refractivity contribution is 9.11. The fourth-order valence-electron chi connectivity index (χ4n) is 3.00. The van der Waals surface area contributed by atoms with Crippen LogP contribution >= 0.6 is 31.9 Å². The van der Waals surface area contributed by atoms with E-state index in [0.717, 1.165) is 57.4 Å². The molecule has 1 fully saturated rings. The third-order valence-electron chi connectivity index (χ3n) is 4.23. The Labute approximate surface area is 156 Å². The number of benzene rings is 1. The van der Waals surface area contributed by atoms with Gasteiger partial charge in [0.1, 0.15) is 12.1 Å². The van der Waals surface area contributed by atoms with Gasteiger partial charge in [-0.3, -0.25) is 0 Å². The number of nitrogens with one attached hydrogen (secondary N) is 2. The normalized spacial score (nSPS) is 15.8. The number of nitrogens with zero attached hydrogens (tertiary/aromatic N) is 4. The molecule has 124 valence electrons. The van der Waals surface area contributed by atoms with Crippen molar-refractivity contribution in [3.05, 3.63) is 39.7 Å². The number of fused-ring (bicyclic) bond motifs is 1. The van der Waals surface area contributed by atoms with E-state index in [0.29, 0.717) is 6.04 Å². The maximum atomic E-state index is 4.59. The molecule has 0 radical (unpaired) electrons. The summed E-state index contributed by atoms with van der Waals surface area (Å²) in [6.07, 6.45) is 5.59. The lowest BCUT2D eigenvalue weighted by Gasteiger charge is -2.23. The van der Waals surface area contributed by atoms with E-state index >= 15 is 0 Å². The number of piperidine rings is 1.